The number of aromatic nitrogens is 2. The minimum atomic E-state index is -4.65. The van der Waals surface area contributed by atoms with Gasteiger partial charge in [0.1, 0.15) is 5.82 Å². The molecule has 0 bridgehead atoms. The average Bonchev–Trinajstić information content (AvgIpc) is 3.22. The summed E-state index contributed by atoms with van der Waals surface area (Å²) in [4.78, 5) is -0.104. The molecule has 0 spiro atoms. The van der Waals surface area contributed by atoms with E-state index in [9.17, 15) is 26.0 Å². The highest BCUT2D eigenvalue weighted by Crippen LogP contribution is 2.33. The quantitative estimate of drug-likeness (QED) is 0.371. The van der Waals surface area contributed by atoms with Gasteiger partial charge in [0.15, 0.2) is 5.69 Å². The van der Waals surface area contributed by atoms with E-state index in [1.165, 1.54) is 41.1 Å². The Kier molecular flexibility index (Phi) is 5.71. The number of nitrogens with zero attached hydrogens (tertiary/aromatic N) is 2. The van der Waals surface area contributed by atoms with Gasteiger partial charge in [-0.1, -0.05) is 29.8 Å². The molecule has 3 aromatic carbocycles. The highest BCUT2D eigenvalue weighted by Gasteiger charge is 2.35. The van der Waals surface area contributed by atoms with Crippen LogP contribution in [0.15, 0.2) is 83.8 Å². The van der Waals surface area contributed by atoms with Crippen LogP contribution in [0.4, 0.5) is 23.2 Å². The van der Waals surface area contributed by atoms with Gasteiger partial charge in [0.05, 0.1) is 16.3 Å². The molecule has 0 unspecified atom stereocenters. The van der Waals surface area contributed by atoms with Gasteiger partial charge in [0.2, 0.25) is 0 Å². The van der Waals surface area contributed by atoms with Gasteiger partial charge in [-0.2, -0.15) is 18.3 Å². The molecule has 1 heterocycles. The van der Waals surface area contributed by atoms with E-state index >= 15 is 0 Å². The molecule has 4 rings (SSSR count). The maximum Gasteiger partial charge on any atom is 0.435 e. The van der Waals surface area contributed by atoms with Crippen molar-refractivity contribution in [2.75, 3.05) is 4.72 Å². The fourth-order valence-electron chi connectivity index (χ4n) is 3.14. The fraction of sp³-hybridized carbons (Fsp3) is 0.0870. The Bertz CT molecular complexity index is 1380. The molecule has 0 radical (unpaired) electrons. The van der Waals surface area contributed by atoms with Crippen LogP contribution in [0.3, 0.4) is 0 Å². The van der Waals surface area contributed by atoms with E-state index in [-0.39, 0.29) is 16.3 Å². The van der Waals surface area contributed by atoms with Crippen LogP contribution in [0.25, 0.3) is 16.9 Å². The molecule has 4 aromatic rings. The van der Waals surface area contributed by atoms with Gasteiger partial charge in [-0.25, -0.2) is 17.5 Å². The summed E-state index contributed by atoms with van der Waals surface area (Å²) in [5, 5.41) is 3.72. The smallest absolute Gasteiger partial charge is 0.280 e. The summed E-state index contributed by atoms with van der Waals surface area (Å²) in [7, 11) is -3.99. The number of rotatable bonds is 5. The Morgan fingerprint density at radius 3 is 2.06 bits per heavy atom. The Balaban J connectivity index is 1.70. The lowest BCUT2D eigenvalue weighted by Gasteiger charge is -2.10. The lowest BCUT2D eigenvalue weighted by molar-refractivity contribution is -0.141. The van der Waals surface area contributed by atoms with Crippen LogP contribution in [-0.2, 0) is 16.2 Å². The maximum absolute atomic E-state index is 13.3. The van der Waals surface area contributed by atoms with E-state index in [1.54, 1.807) is 24.3 Å². The minimum Gasteiger partial charge on any atom is -0.280 e. The van der Waals surface area contributed by atoms with Crippen LogP contribution >= 0.6 is 0 Å². The second-order valence-electron chi connectivity index (χ2n) is 7.30. The molecular weight excluding hydrogens is 458 g/mol. The summed E-state index contributed by atoms with van der Waals surface area (Å²) < 4.78 is 81.8. The molecule has 33 heavy (non-hydrogen) atoms. The van der Waals surface area contributed by atoms with Crippen molar-refractivity contribution in [2.24, 2.45) is 0 Å². The van der Waals surface area contributed by atoms with Crippen molar-refractivity contribution >= 4 is 15.7 Å². The van der Waals surface area contributed by atoms with Crippen LogP contribution in [0.2, 0.25) is 0 Å². The van der Waals surface area contributed by atoms with Crippen molar-refractivity contribution in [1.82, 2.24) is 9.78 Å². The number of halogens is 4. The molecule has 10 heteroatoms. The van der Waals surface area contributed by atoms with Crippen molar-refractivity contribution in [3.05, 3.63) is 95.9 Å². The first-order valence-corrected chi connectivity index (χ1v) is 11.1. The Hall–Kier alpha value is -3.66. The molecular formula is C23H17F4N3O2S. The number of alkyl halides is 3. The second-order valence-corrected chi connectivity index (χ2v) is 8.98. The van der Waals surface area contributed by atoms with Gasteiger partial charge in [0, 0.05) is 11.3 Å². The highest BCUT2D eigenvalue weighted by atomic mass is 32.2. The van der Waals surface area contributed by atoms with Gasteiger partial charge in [-0.3, -0.25) is 4.72 Å². The summed E-state index contributed by atoms with van der Waals surface area (Å²) >= 11 is 0. The number of hydrogen-bond donors (Lipinski definition) is 1. The predicted octanol–water partition coefficient (Wildman–Crippen LogP) is 5.81. The van der Waals surface area contributed by atoms with Crippen LogP contribution in [0.1, 0.15) is 11.3 Å². The zero-order valence-corrected chi connectivity index (χ0v) is 18.0. The summed E-state index contributed by atoms with van der Waals surface area (Å²) in [6.07, 6.45) is -4.65. The topological polar surface area (TPSA) is 64.0 Å². The third kappa shape index (κ3) is 4.90. The van der Waals surface area contributed by atoms with Crippen molar-refractivity contribution in [3.8, 4) is 16.9 Å². The zero-order valence-electron chi connectivity index (χ0n) is 17.1. The largest absolute Gasteiger partial charge is 0.435 e. The first-order valence-electron chi connectivity index (χ1n) is 9.66. The molecule has 0 aliphatic heterocycles. The molecule has 1 aromatic heterocycles. The number of hydrogen-bond acceptors (Lipinski definition) is 3. The van der Waals surface area contributed by atoms with E-state index in [1.807, 2.05) is 6.92 Å². The third-order valence-corrected chi connectivity index (χ3v) is 6.23. The standard InChI is InChI=1S/C23H17F4N3O2S/c1-15-2-10-19(11-3-15)30-21(14-22(28-30)23(25,26)27)16-4-12-20(13-5-16)33(31,32)29-18-8-6-17(24)7-9-18/h2-14,29H,1H3. The van der Waals surface area contributed by atoms with E-state index in [4.69, 9.17) is 0 Å². The predicted molar refractivity (Wildman–Crippen MR) is 116 cm³/mol. The van der Waals surface area contributed by atoms with Crippen molar-refractivity contribution < 1.29 is 26.0 Å². The zero-order chi connectivity index (χ0) is 23.8. The molecule has 0 amide bonds. The maximum atomic E-state index is 13.3. The number of sulfonamides is 1. The van der Waals surface area contributed by atoms with Crippen LogP contribution in [0, 0.1) is 12.7 Å². The molecule has 0 fully saturated rings. The lowest BCUT2D eigenvalue weighted by Crippen LogP contribution is -2.12. The number of aryl methyl sites for hydroxylation is 1. The van der Waals surface area contributed by atoms with E-state index in [2.05, 4.69) is 9.82 Å². The molecule has 0 aliphatic carbocycles. The van der Waals surface area contributed by atoms with Gasteiger partial charge in [0.25, 0.3) is 10.0 Å². The van der Waals surface area contributed by atoms with Crippen molar-refractivity contribution in [1.29, 1.82) is 0 Å². The van der Waals surface area contributed by atoms with Gasteiger partial charge in [-0.15, -0.1) is 0 Å². The summed E-state index contributed by atoms with van der Waals surface area (Å²) in [5.41, 5.74) is 0.980. The van der Waals surface area contributed by atoms with Crippen LogP contribution in [-0.4, -0.2) is 18.2 Å². The highest BCUT2D eigenvalue weighted by molar-refractivity contribution is 7.92. The Labute approximate surface area is 187 Å². The summed E-state index contributed by atoms with van der Waals surface area (Å²) in [6, 6.07) is 17.9. The molecule has 5 nitrogen and oxygen atoms in total. The SMILES string of the molecule is Cc1ccc(-n2nc(C(F)(F)F)cc2-c2ccc(S(=O)(=O)Nc3ccc(F)cc3)cc2)cc1. The minimum absolute atomic E-state index is 0.104. The summed E-state index contributed by atoms with van der Waals surface area (Å²) in [6.45, 7) is 1.86. The number of benzene rings is 3. The van der Waals surface area contributed by atoms with E-state index < -0.39 is 27.7 Å². The summed E-state index contributed by atoms with van der Waals surface area (Å²) in [5.74, 6) is -0.509. The average molecular weight is 475 g/mol. The molecule has 0 aliphatic rings. The Morgan fingerprint density at radius 2 is 1.48 bits per heavy atom. The molecule has 0 saturated heterocycles. The molecule has 0 saturated carbocycles. The van der Waals surface area contributed by atoms with Crippen LogP contribution < -0.4 is 4.72 Å². The van der Waals surface area contributed by atoms with Gasteiger partial charge >= 0.3 is 6.18 Å². The van der Waals surface area contributed by atoms with Gasteiger partial charge in [-0.05, 0) is 61.5 Å². The van der Waals surface area contributed by atoms with Crippen LogP contribution in [0.5, 0.6) is 0 Å². The second kappa shape index (κ2) is 8.36. The molecule has 0 atom stereocenters. The lowest BCUT2D eigenvalue weighted by atomic mass is 10.1. The number of anilines is 1. The molecule has 1 N–H and O–H groups in total. The van der Waals surface area contributed by atoms with Crippen molar-refractivity contribution in [3.63, 3.8) is 0 Å². The first kappa shape index (κ1) is 22.5. The van der Waals surface area contributed by atoms with E-state index in [0.29, 0.717) is 11.3 Å². The molecule has 170 valence electrons. The monoisotopic (exact) mass is 475 g/mol. The fourth-order valence-corrected chi connectivity index (χ4v) is 4.20. The van der Waals surface area contributed by atoms with E-state index in [0.717, 1.165) is 23.8 Å². The van der Waals surface area contributed by atoms with Gasteiger partial charge < -0.3 is 0 Å². The number of nitrogens with one attached hydrogen (secondary N) is 1. The first-order chi connectivity index (χ1) is 15.5. The van der Waals surface area contributed by atoms with Crippen molar-refractivity contribution in [2.45, 2.75) is 18.0 Å². The third-order valence-electron chi connectivity index (χ3n) is 4.84. The Morgan fingerprint density at radius 1 is 0.879 bits per heavy atom. The normalized spacial score (nSPS) is 12.0.